The van der Waals surface area contributed by atoms with Gasteiger partial charge in [0.1, 0.15) is 11.4 Å². The summed E-state index contributed by atoms with van der Waals surface area (Å²) in [5.74, 6) is 0.596. The van der Waals surface area contributed by atoms with Gasteiger partial charge in [-0.1, -0.05) is 23.7 Å². The molecular weight excluding hydrogens is 374 g/mol. The van der Waals surface area contributed by atoms with E-state index in [9.17, 15) is 4.79 Å². The van der Waals surface area contributed by atoms with Gasteiger partial charge in [0.15, 0.2) is 0 Å². The second kappa shape index (κ2) is 9.24. The van der Waals surface area contributed by atoms with E-state index in [0.717, 1.165) is 35.7 Å². The fourth-order valence-electron chi connectivity index (χ4n) is 2.73. The van der Waals surface area contributed by atoms with E-state index in [4.69, 9.17) is 16.3 Å². The van der Waals surface area contributed by atoms with Gasteiger partial charge in [-0.25, -0.2) is 4.98 Å². The molecule has 5 nitrogen and oxygen atoms in total. The smallest absolute Gasteiger partial charge is 0.274 e. The van der Waals surface area contributed by atoms with Crippen molar-refractivity contribution in [2.45, 2.75) is 13.3 Å². The van der Waals surface area contributed by atoms with E-state index in [1.807, 2.05) is 37.3 Å². The number of amides is 1. The number of aromatic nitrogens is 1. The van der Waals surface area contributed by atoms with Gasteiger partial charge in [0.2, 0.25) is 0 Å². The average Bonchev–Trinajstić information content (AvgIpc) is 2.71. The van der Waals surface area contributed by atoms with Crippen LogP contribution in [0.2, 0.25) is 5.02 Å². The minimum Gasteiger partial charge on any atom is -0.497 e. The lowest BCUT2D eigenvalue weighted by molar-refractivity contribution is 0.102. The molecule has 0 atom stereocenters. The molecule has 1 amide bonds. The van der Waals surface area contributed by atoms with Crippen molar-refractivity contribution in [3.8, 4) is 5.75 Å². The lowest BCUT2D eigenvalue weighted by Crippen LogP contribution is -2.14. The van der Waals surface area contributed by atoms with Gasteiger partial charge in [-0.15, -0.1) is 0 Å². The molecule has 3 rings (SSSR count). The molecule has 0 aliphatic rings. The van der Waals surface area contributed by atoms with Crippen LogP contribution in [0.25, 0.3) is 0 Å². The molecular formula is C22H22ClN3O2. The third kappa shape index (κ3) is 5.24. The first-order valence-corrected chi connectivity index (χ1v) is 9.33. The van der Waals surface area contributed by atoms with Gasteiger partial charge in [0, 0.05) is 17.3 Å². The van der Waals surface area contributed by atoms with E-state index in [0.29, 0.717) is 10.7 Å². The Morgan fingerprint density at radius 3 is 2.54 bits per heavy atom. The quantitative estimate of drug-likeness (QED) is 0.593. The van der Waals surface area contributed by atoms with Crippen LogP contribution in [-0.4, -0.2) is 24.5 Å². The zero-order valence-corrected chi connectivity index (χ0v) is 16.6. The Labute approximate surface area is 169 Å². The Kier molecular flexibility index (Phi) is 6.50. The molecule has 2 N–H and O–H groups in total. The normalized spacial score (nSPS) is 10.4. The second-order valence-corrected chi connectivity index (χ2v) is 6.81. The summed E-state index contributed by atoms with van der Waals surface area (Å²) in [7, 11) is 1.66. The minimum atomic E-state index is -0.254. The van der Waals surface area contributed by atoms with Crippen molar-refractivity contribution in [1.82, 2.24) is 4.98 Å². The number of carbonyl (C=O) groups excluding carboxylic acids is 1. The van der Waals surface area contributed by atoms with E-state index in [-0.39, 0.29) is 5.91 Å². The highest BCUT2D eigenvalue weighted by molar-refractivity contribution is 6.30. The van der Waals surface area contributed by atoms with Gasteiger partial charge in [-0.2, -0.15) is 0 Å². The van der Waals surface area contributed by atoms with Crippen molar-refractivity contribution in [2.75, 3.05) is 24.3 Å². The molecule has 0 aliphatic carbocycles. The summed E-state index contributed by atoms with van der Waals surface area (Å²) in [6.45, 7) is 2.66. The molecule has 0 aliphatic heterocycles. The molecule has 0 fully saturated rings. The number of nitrogens with zero attached hydrogens (tertiary/aromatic N) is 1. The number of anilines is 2. The monoisotopic (exact) mass is 395 g/mol. The summed E-state index contributed by atoms with van der Waals surface area (Å²) in [6.07, 6.45) is 2.54. The van der Waals surface area contributed by atoms with Crippen LogP contribution in [0, 0.1) is 6.92 Å². The zero-order chi connectivity index (χ0) is 19.9. The molecule has 1 aromatic heterocycles. The van der Waals surface area contributed by atoms with Crippen LogP contribution in [0.1, 0.15) is 21.6 Å². The number of ether oxygens (including phenoxy) is 1. The van der Waals surface area contributed by atoms with Crippen molar-refractivity contribution in [2.24, 2.45) is 0 Å². The fourth-order valence-corrected chi connectivity index (χ4v) is 2.96. The molecule has 2 aromatic carbocycles. The topological polar surface area (TPSA) is 63.2 Å². The molecule has 0 saturated heterocycles. The third-order valence-electron chi connectivity index (χ3n) is 4.33. The van der Waals surface area contributed by atoms with Gasteiger partial charge < -0.3 is 15.4 Å². The summed E-state index contributed by atoms with van der Waals surface area (Å²) in [5.41, 5.74) is 4.06. The van der Waals surface area contributed by atoms with Gasteiger partial charge in [-0.3, -0.25) is 4.79 Å². The maximum Gasteiger partial charge on any atom is 0.274 e. The molecule has 144 valence electrons. The van der Waals surface area contributed by atoms with E-state index in [2.05, 4.69) is 15.6 Å². The predicted molar refractivity (Wildman–Crippen MR) is 114 cm³/mol. The highest BCUT2D eigenvalue weighted by Crippen LogP contribution is 2.20. The first-order chi connectivity index (χ1) is 13.5. The molecule has 0 spiro atoms. The number of methoxy groups -OCH3 is 1. The number of halogens is 1. The Morgan fingerprint density at radius 1 is 1.11 bits per heavy atom. The van der Waals surface area contributed by atoms with Crippen molar-refractivity contribution in [3.05, 3.63) is 82.6 Å². The van der Waals surface area contributed by atoms with Crippen LogP contribution in [0.4, 0.5) is 11.4 Å². The van der Waals surface area contributed by atoms with E-state index >= 15 is 0 Å². The second-order valence-electron chi connectivity index (χ2n) is 6.37. The fraction of sp³-hybridized carbons (Fsp3) is 0.182. The number of nitrogens with one attached hydrogen (secondary N) is 2. The highest BCUT2D eigenvalue weighted by atomic mass is 35.5. The SMILES string of the molecule is COc1ccc(CCNc2ccc(C(=O)Nc3ccc(Cl)cc3C)nc2)cc1. The molecule has 3 aromatic rings. The summed E-state index contributed by atoms with van der Waals surface area (Å²) in [4.78, 5) is 16.6. The van der Waals surface area contributed by atoms with Crippen LogP contribution < -0.4 is 15.4 Å². The predicted octanol–water partition coefficient (Wildman–Crippen LogP) is 4.96. The summed E-state index contributed by atoms with van der Waals surface area (Å²) < 4.78 is 5.16. The Morgan fingerprint density at radius 2 is 1.89 bits per heavy atom. The number of aryl methyl sites for hydroxylation is 1. The van der Waals surface area contributed by atoms with E-state index in [1.54, 1.807) is 37.6 Å². The molecule has 1 heterocycles. The number of benzene rings is 2. The number of hydrogen-bond acceptors (Lipinski definition) is 4. The molecule has 0 radical (unpaired) electrons. The van der Waals surface area contributed by atoms with E-state index < -0.39 is 0 Å². The Bertz CT molecular complexity index is 941. The van der Waals surface area contributed by atoms with Crippen LogP contribution in [0.15, 0.2) is 60.8 Å². The number of carbonyl (C=O) groups is 1. The van der Waals surface area contributed by atoms with Crippen molar-refractivity contribution >= 4 is 28.9 Å². The lowest BCUT2D eigenvalue weighted by Gasteiger charge is -2.10. The summed E-state index contributed by atoms with van der Waals surface area (Å²) >= 11 is 5.94. The van der Waals surface area contributed by atoms with Crippen LogP contribution >= 0.6 is 11.6 Å². The van der Waals surface area contributed by atoms with Crippen molar-refractivity contribution in [1.29, 1.82) is 0 Å². The molecule has 28 heavy (non-hydrogen) atoms. The highest BCUT2D eigenvalue weighted by Gasteiger charge is 2.09. The van der Waals surface area contributed by atoms with Crippen LogP contribution in [0.5, 0.6) is 5.75 Å². The molecule has 0 saturated carbocycles. The Hall–Kier alpha value is -3.05. The number of hydrogen-bond donors (Lipinski definition) is 2. The lowest BCUT2D eigenvalue weighted by atomic mass is 10.1. The summed E-state index contributed by atoms with van der Waals surface area (Å²) in [6, 6.07) is 16.9. The maximum atomic E-state index is 12.4. The largest absolute Gasteiger partial charge is 0.497 e. The van der Waals surface area contributed by atoms with Gasteiger partial charge in [-0.05, 0) is 66.9 Å². The van der Waals surface area contributed by atoms with Gasteiger partial charge in [0.05, 0.1) is 19.0 Å². The zero-order valence-electron chi connectivity index (χ0n) is 15.8. The van der Waals surface area contributed by atoms with Gasteiger partial charge >= 0.3 is 0 Å². The van der Waals surface area contributed by atoms with Crippen LogP contribution in [0.3, 0.4) is 0 Å². The van der Waals surface area contributed by atoms with Crippen molar-refractivity contribution < 1.29 is 9.53 Å². The third-order valence-corrected chi connectivity index (χ3v) is 4.57. The standard InChI is InChI=1S/C22H22ClN3O2/c1-15-13-17(23)5-9-20(15)26-22(27)21-10-6-18(14-25-21)24-12-11-16-3-7-19(28-2)8-4-16/h3-10,13-14,24H,11-12H2,1-2H3,(H,26,27). The number of rotatable bonds is 7. The van der Waals surface area contributed by atoms with Crippen molar-refractivity contribution in [3.63, 3.8) is 0 Å². The first-order valence-electron chi connectivity index (χ1n) is 8.95. The molecule has 6 heteroatoms. The first kappa shape index (κ1) is 19.7. The molecule has 0 unspecified atom stereocenters. The minimum absolute atomic E-state index is 0.254. The average molecular weight is 396 g/mol. The molecule has 0 bridgehead atoms. The Balaban J connectivity index is 1.53. The maximum absolute atomic E-state index is 12.4. The summed E-state index contributed by atoms with van der Waals surface area (Å²) in [5, 5.41) is 6.81. The number of pyridine rings is 1. The van der Waals surface area contributed by atoms with Crippen LogP contribution in [-0.2, 0) is 6.42 Å². The van der Waals surface area contributed by atoms with E-state index in [1.165, 1.54) is 5.56 Å². The van der Waals surface area contributed by atoms with Gasteiger partial charge in [0.25, 0.3) is 5.91 Å².